The second-order valence-corrected chi connectivity index (χ2v) is 5.43. The Morgan fingerprint density at radius 2 is 1.68 bits per heavy atom. The van der Waals surface area contributed by atoms with Gasteiger partial charge in [-0.1, -0.05) is 43.2 Å². The lowest BCUT2D eigenvalue weighted by atomic mass is 10.0. The highest BCUT2D eigenvalue weighted by molar-refractivity contribution is 5.19. The Labute approximate surface area is 115 Å². The monoisotopic (exact) mass is 254 g/mol. The third-order valence-corrected chi connectivity index (χ3v) is 4.06. The number of aromatic nitrogens is 1. The van der Waals surface area contributed by atoms with Gasteiger partial charge in [0.15, 0.2) is 0 Å². The third-order valence-electron chi connectivity index (χ3n) is 4.06. The molecular weight excluding hydrogens is 232 g/mol. The smallest absolute Gasteiger partial charge is 0.0749 e. The second-order valence-electron chi connectivity index (χ2n) is 5.43. The van der Waals surface area contributed by atoms with E-state index in [0.29, 0.717) is 6.04 Å². The van der Waals surface area contributed by atoms with Gasteiger partial charge in [-0.3, -0.25) is 4.90 Å². The van der Waals surface area contributed by atoms with Crippen LogP contribution in [0.25, 0.3) is 0 Å². The van der Waals surface area contributed by atoms with Crippen molar-refractivity contribution in [2.24, 2.45) is 0 Å². The van der Waals surface area contributed by atoms with Crippen molar-refractivity contribution in [2.45, 2.75) is 38.4 Å². The largest absolute Gasteiger partial charge is 0.341 e. The minimum absolute atomic E-state index is 0.575. The van der Waals surface area contributed by atoms with E-state index in [2.05, 4.69) is 64.3 Å². The molecule has 1 aromatic carbocycles. The summed E-state index contributed by atoms with van der Waals surface area (Å²) < 4.78 is 2.28. The first-order valence-corrected chi connectivity index (χ1v) is 7.33. The van der Waals surface area contributed by atoms with Gasteiger partial charge in [-0.15, -0.1) is 0 Å². The van der Waals surface area contributed by atoms with Gasteiger partial charge in [0.2, 0.25) is 0 Å². The molecule has 2 heterocycles. The first-order valence-electron chi connectivity index (χ1n) is 7.33. The van der Waals surface area contributed by atoms with Crippen molar-refractivity contribution in [3.8, 4) is 0 Å². The van der Waals surface area contributed by atoms with E-state index in [4.69, 9.17) is 0 Å². The summed E-state index contributed by atoms with van der Waals surface area (Å²) in [6.45, 7) is 2.21. The van der Waals surface area contributed by atoms with Crippen LogP contribution in [0.4, 0.5) is 0 Å². The molecule has 2 nitrogen and oxygen atoms in total. The molecule has 0 unspecified atom stereocenters. The number of rotatable bonds is 3. The van der Waals surface area contributed by atoms with Crippen LogP contribution in [0.1, 0.15) is 37.3 Å². The van der Waals surface area contributed by atoms with Gasteiger partial charge in [-0.25, -0.2) is 0 Å². The van der Waals surface area contributed by atoms with Crippen LogP contribution in [0.2, 0.25) is 0 Å². The van der Waals surface area contributed by atoms with E-state index in [1.165, 1.54) is 37.8 Å². The molecule has 0 amide bonds. The van der Waals surface area contributed by atoms with Gasteiger partial charge >= 0.3 is 0 Å². The maximum absolute atomic E-state index is 2.63. The Bertz CT molecular complexity index is 475. The van der Waals surface area contributed by atoms with Crippen LogP contribution in [-0.2, 0) is 6.67 Å². The Balaban J connectivity index is 1.81. The fraction of sp³-hybridized carbons (Fsp3) is 0.412. The molecule has 2 heteroatoms. The van der Waals surface area contributed by atoms with Crippen molar-refractivity contribution in [1.82, 2.24) is 9.47 Å². The number of hydrogen-bond acceptors (Lipinski definition) is 1. The van der Waals surface area contributed by atoms with Crippen LogP contribution in [0, 0.1) is 0 Å². The maximum Gasteiger partial charge on any atom is 0.0749 e. The maximum atomic E-state index is 2.63. The molecule has 0 spiro atoms. The van der Waals surface area contributed by atoms with E-state index >= 15 is 0 Å². The highest BCUT2D eigenvalue weighted by Gasteiger charge is 2.22. The predicted octanol–water partition coefficient (Wildman–Crippen LogP) is 4.06. The number of hydrogen-bond donors (Lipinski definition) is 0. The molecule has 0 saturated carbocycles. The lowest BCUT2D eigenvalue weighted by Crippen LogP contribution is -2.30. The molecule has 1 aromatic heterocycles. The average Bonchev–Trinajstić information content (AvgIpc) is 2.85. The summed E-state index contributed by atoms with van der Waals surface area (Å²) in [6.07, 6.45) is 9.64. The average molecular weight is 254 g/mol. The summed E-state index contributed by atoms with van der Waals surface area (Å²) in [7, 11) is 0. The number of benzene rings is 1. The zero-order valence-electron chi connectivity index (χ0n) is 11.4. The van der Waals surface area contributed by atoms with E-state index in [1.54, 1.807) is 0 Å². The van der Waals surface area contributed by atoms with Gasteiger partial charge in [-0.2, -0.15) is 0 Å². The quantitative estimate of drug-likeness (QED) is 0.802. The summed E-state index contributed by atoms with van der Waals surface area (Å²) in [5.41, 5.74) is 1.47. The van der Waals surface area contributed by atoms with Gasteiger partial charge < -0.3 is 4.57 Å². The zero-order chi connectivity index (χ0) is 12.9. The predicted molar refractivity (Wildman–Crippen MR) is 78.8 cm³/mol. The van der Waals surface area contributed by atoms with Crippen molar-refractivity contribution >= 4 is 0 Å². The Hall–Kier alpha value is -1.54. The molecule has 100 valence electrons. The Morgan fingerprint density at radius 1 is 0.895 bits per heavy atom. The van der Waals surface area contributed by atoms with Crippen LogP contribution in [0.15, 0.2) is 54.9 Å². The van der Waals surface area contributed by atoms with Gasteiger partial charge in [0.1, 0.15) is 0 Å². The van der Waals surface area contributed by atoms with Crippen LogP contribution in [0.3, 0.4) is 0 Å². The lowest BCUT2D eigenvalue weighted by Gasteiger charge is -2.30. The minimum Gasteiger partial charge on any atom is -0.341 e. The van der Waals surface area contributed by atoms with Crippen LogP contribution >= 0.6 is 0 Å². The van der Waals surface area contributed by atoms with Crippen molar-refractivity contribution < 1.29 is 0 Å². The summed E-state index contributed by atoms with van der Waals surface area (Å²) in [6, 6.07) is 15.8. The van der Waals surface area contributed by atoms with E-state index in [9.17, 15) is 0 Å². The van der Waals surface area contributed by atoms with Gasteiger partial charge in [0.25, 0.3) is 0 Å². The van der Waals surface area contributed by atoms with Gasteiger partial charge in [0, 0.05) is 25.0 Å². The molecule has 19 heavy (non-hydrogen) atoms. The van der Waals surface area contributed by atoms with E-state index in [-0.39, 0.29) is 0 Å². The summed E-state index contributed by atoms with van der Waals surface area (Å²) in [5, 5.41) is 0. The van der Waals surface area contributed by atoms with Crippen LogP contribution in [0.5, 0.6) is 0 Å². The van der Waals surface area contributed by atoms with E-state index in [1.807, 2.05) is 0 Å². The molecular formula is C17H22N2. The van der Waals surface area contributed by atoms with Crippen molar-refractivity contribution in [2.75, 3.05) is 6.54 Å². The first-order chi connectivity index (χ1) is 9.43. The van der Waals surface area contributed by atoms with Crippen molar-refractivity contribution in [3.63, 3.8) is 0 Å². The molecule has 0 N–H and O–H groups in total. The van der Waals surface area contributed by atoms with E-state index in [0.717, 1.165) is 6.67 Å². The Kier molecular flexibility index (Phi) is 3.99. The van der Waals surface area contributed by atoms with Crippen LogP contribution < -0.4 is 0 Å². The summed E-state index contributed by atoms with van der Waals surface area (Å²) >= 11 is 0. The zero-order valence-corrected chi connectivity index (χ0v) is 11.4. The van der Waals surface area contributed by atoms with E-state index < -0.39 is 0 Å². The number of nitrogens with zero attached hydrogens (tertiary/aromatic N) is 2. The SMILES string of the molecule is c1ccc([C@@H]2CCCCCN2Cn2cccc2)cc1. The summed E-state index contributed by atoms with van der Waals surface area (Å²) in [5.74, 6) is 0. The molecule has 2 aromatic rings. The number of likely N-dealkylation sites (tertiary alicyclic amines) is 1. The van der Waals surface area contributed by atoms with Gasteiger partial charge in [-0.05, 0) is 30.5 Å². The minimum atomic E-state index is 0.575. The van der Waals surface area contributed by atoms with Crippen molar-refractivity contribution in [1.29, 1.82) is 0 Å². The molecule has 1 atom stereocenters. The Morgan fingerprint density at radius 3 is 2.47 bits per heavy atom. The lowest BCUT2D eigenvalue weighted by molar-refractivity contribution is 0.155. The third kappa shape index (κ3) is 3.07. The molecule has 0 radical (unpaired) electrons. The van der Waals surface area contributed by atoms with Crippen molar-refractivity contribution in [3.05, 3.63) is 60.4 Å². The second kappa shape index (κ2) is 6.07. The van der Waals surface area contributed by atoms with Gasteiger partial charge in [0.05, 0.1) is 6.67 Å². The molecule has 0 bridgehead atoms. The highest BCUT2D eigenvalue weighted by Crippen LogP contribution is 2.30. The molecule has 3 rings (SSSR count). The summed E-state index contributed by atoms with van der Waals surface area (Å²) in [4.78, 5) is 2.63. The fourth-order valence-corrected chi connectivity index (χ4v) is 3.06. The van der Waals surface area contributed by atoms with Crippen LogP contribution in [-0.4, -0.2) is 16.0 Å². The molecule has 1 fully saturated rings. The normalized spacial score (nSPS) is 21.2. The molecule has 1 saturated heterocycles. The highest BCUT2D eigenvalue weighted by atomic mass is 15.3. The fourth-order valence-electron chi connectivity index (χ4n) is 3.06. The standard InChI is InChI=1S/C17H22N2/c1-3-9-16(10-4-1)17-11-5-2-6-14-19(17)15-18-12-7-8-13-18/h1,3-4,7-10,12-13,17H,2,5-6,11,14-15H2/t17-/m0/s1. The first kappa shape index (κ1) is 12.5. The molecule has 1 aliphatic rings. The topological polar surface area (TPSA) is 8.17 Å². The molecule has 1 aliphatic heterocycles. The molecule has 0 aliphatic carbocycles.